The van der Waals surface area contributed by atoms with Crippen molar-refractivity contribution in [2.45, 2.75) is 44.6 Å². The summed E-state index contributed by atoms with van der Waals surface area (Å²) >= 11 is 6.26. The van der Waals surface area contributed by atoms with Gasteiger partial charge in [-0.25, -0.2) is 14.6 Å². The van der Waals surface area contributed by atoms with Gasteiger partial charge in [0.2, 0.25) is 5.91 Å². The van der Waals surface area contributed by atoms with Gasteiger partial charge in [-0.1, -0.05) is 23.7 Å². The Morgan fingerprint density at radius 3 is 2.66 bits per heavy atom. The molecule has 0 bridgehead atoms. The Morgan fingerprint density at radius 2 is 1.93 bits per heavy atom. The molecule has 0 unspecified atom stereocenters. The molecule has 1 aliphatic heterocycles. The van der Waals surface area contributed by atoms with Gasteiger partial charge in [-0.2, -0.15) is 5.10 Å². The first-order valence-corrected chi connectivity index (χ1v) is 14.8. The molecule has 44 heavy (non-hydrogen) atoms. The second-order valence-electron chi connectivity index (χ2n) is 10.6. The zero-order valence-electron chi connectivity index (χ0n) is 24.3. The monoisotopic (exact) mass is 619 g/mol. The average Bonchev–Trinajstić information content (AvgIpc) is 3.58. The second kappa shape index (κ2) is 14.7. The zero-order valence-corrected chi connectivity index (χ0v) is 25.0. The smallest absolute Gasteiger partial charge is 0.411 e. The molecule has 3 heterocycles. The number of hydrogen-bond acceptors (Lipinski definition) is 9. The molecule has 0 spiro atoms. The van der Waals surface area contributed by atoms with Crippen molar-refractivity contribution >= 4 is 29.3 Å². The summed E-state index contributed by atoms with van der Waals surface area (Å²) in [4.78, 5) is 37.7. The van der Waals surface area contributed by atoms with Crippen molar-refractivity contribution in [3.05, 3.63) is 81.5 Å². The van der Waals surface area contributed by atoms with Crippen LogP contribution in [0.25, 0.3) is 16.8 Å². The van der Waals surface area contributed by atoms with E-state index < -0.39 is 12.1 Å². The Labute approximate surface area is 258 Å². The molecule has 2 aromatic carbocycles. The molecule has 1 saturated heterocycles. The molecule has 1 aliphatic rings. The van der Waals surface area contributed by atoms with Crippen LogP contribution in [0.4, 0.5) is 10.5 Å². The van der Waals surface area contributed by atoms with Crippen LogP contribution in [0, 0.1) is 5.92 Å². The van der Waals surface area contributed by atoms with E-state index in [0.29, 0.717) is 46.3 Å². The minimum absolute atomic E-state index is 0.157. The lowest BCUT2D eigenvalue weighted by molar-refractivity contribution is -0.121. The Balaban J connectivity index is 1.34. The SMILES string of the molecule is COC(=O)Nc1ccc(-c2cc([C@H](CCC3CCNCC3)NC(=O)CCc3cc(Cl)ccc3-n3cnnn3)n[nH]c2=O)cc1. The number of nitrogens with zero attached hydrogens (tertiary/aromatic N) is 5. The number of rotatable bonds is 11. The first-order valence-electron chi connectivity index (χ1n) is 14.5. The number of aryl methyl sites for hydroxylation is 1. The molecule has 4 aromatic rings. The Bertz CT molecular complexity index is 1620. The van der Waals surface area contributed by atoms with Gasteiger partial charge in [-0.05, 0) is 109 Å². The Hall–Kier alpha value is -4.62. The molecule has 14 heteroatoms. The van der Waals surface area contributed by atoms with E-state index >= 15 is 0 Å². The van der Waals surface area contributed by atoms with Crippen molar-refractivity contribution < 1.29 is 14.3 Å². The minimum Gasteiger partial charge on any atom is -0.453 e. The molecule has 13 nitrogen and oxygen atoms in total. The number of aromatic amines is 1. The lowest BCUT2D eigenvalue weighted by atomic mass is 9.90. The van der Waals surface area contributed by atoms with Crippen LogP contribution in [0.3, 0.4) is 0 Å². The Kier molecular flexibility index (Phi) is 10.3. The fourth-order valence-corrected chi connectivity index (χ4v) is 5.54. The van der Waals surface area contributed by atoms with Gasteiger partial charge >= 0.3 is 6.09 Å². The van der Waals surface area contributed by atoms with Crippen molar-refractivity contribution in [1.29, 1.82) is 0 Å². The minimum atomic E-state index is -0.587. The van der Waals surface area contributed by atoms with Crippen LogP contribution in [-0.4, -0.2) is 62.6 Å². The van der Waals surface area contributed by atoms with Crippen LogP contribution >= 0.6 is 11.6 Å². The van der Waals surface area contributed by atoms with Crippen LogP contribution in [0.5, 0.6) is 0 Å². The number of halogens is 1. The number of aromatic nitrogens is 6. The standard InChI is InChI=1S/C30H34ClN9O4/c1-44-30(43)34-23-7-3-20(4-8-23)24-17-26(36-37-29(24)42)25(9-2-19-12-14-32-15-13-19)35-28(41)11-5-21-16-22(31)6-10-27(21)40-18-33-38-39-40/h3-4,6-8,10,16-19,25,32H,2,5,9,11-15H2,1H3,(H,34,43)(H,35,41)(H,37,42)/t25-/m0/s1. The number of ether oxygens (including phenoxy) is 1. The van der Waals surface area contributed by atoms with E-state index in [1.807, 2.05) is 12.1 Å². The summed E-state index contributed by atoms with van der Waals surface area (Å²) in [6.45, 7) is 1.96. The highest BCUT2D eigenvalue weighted by atomic mass is 35.5. The molecular formula is C30H34ClN9O4. The number of piperidine rings is 1. The van der Waals surface area contributed by atoms with Crippen LogP contribution in [0.15, 0.2) is 59.7 Å². The summed E-state index contributed by atoms with van der Waals surface area (Å²) in [6.07, 6.45) is 5.25. The zero-order chi connectivity index (χ0) is 30.9. The summed E-state index contributed by atoms with van der Waals surface area (Å²) in [5.74, 6) is 0.383. The van der Waals surface area contributed by atoms with Crippen molar-refractivity contribution in [3.8, 4) is 16.8 Å². The van der Waals surface area contributed by atoms with E-state index in [0.717, 1.165) is 43.6 Å². The summed E-state index contributed by atoms with van der Waals surface area (Å²) in [5.41, 5.74) is 3.37. The van der Waals surface area contributed by atoms with Gasteiger partial charge < -0.3 is 15.4 Å². The molecule has 230 valence electrons. The Morgan fingerprint density at radius 1 is 1.14 bits per heavy atom. The highest BCUT2D eigenvalue weighted by Gasteiger charge is 2.22. The lowest BCUT2D eigenvalue weighted by Crippen LogP contribution is -2.32. The molecule has 2 amide bonds. The molecule has 5 rings (SSSR count). The summed E-state index contributed by atoms with van der Waals surface area (Å²) in [7, 11) is 1.29. The van der Waals surface area contributed by atoms with Crippen molar-refractivity contribution in [3.63, 3.8) is 0 Å². The maximum absolute atomic E-state index is 13.4. The number of tetrazole rings is 1. The third-order valence-corrected chi connectivity index (χ3v) is 7.96. The highest BCUT2D eigenvalue weighted by molar-refractivity contribution is 6.30. The summed E-state index contributed by atoms with van der Waals surface area (Å²) in [6, 6.07) is 13.5. The fraction of sp³-hybridized carbons (Fsp3) is 0.367. The molecule has 2 aromatic heterocycles. The van der Waals surface area contributed by atoms with Gasteiger partial charge in [0.15, 0.2) is 0 Å². The predicted octanol–water partition coefficient (Wildman–Crippen LogP) is 3.81. The van der Waals surface area contributed by atoms with Crippen LogP contribution < -0.4 is 21.5 Å². The number of methoxy groups -OCH3 is 1. The van der Waals surface area contributed by atoms with Gasteiger partial charge in [0.1, 0.15) is 6.33 Å². The molecule has 0 saturated carbocycles. The van der Waals surface area contributed by atoms with E-state index in [-0.39, 0.29) is 17.9 Å². The topological polar surface area (TPSA) is 169 Å². The summed E-state index contributed by atoms with van der Waals surface area (Å²) < 4.78 is 6.17. The number of carbonyl (C=O) groups excluding carboxylic acids is 2. The number of carbonyl (C=O) groups is 2. The third kappa shape index (κ3) is 8.05. The number of H-pyrrole nitrogens is 1. The van der Waals surface area contributed by atoms with Crippen molar-refractivity contribution in [2.24, 2.45) is 5.92 Å². The number of nitrogens with one attached hydrogen (secondary N) is 4. The van der Waals surface area contributed by atoms with E-state index in [1.54, 1.807) is 36.4 Å². The second-order valence-corrected chi connectivity index (χ2v) is 11.1. The molecule has 1 fully saturated rings. The quantitative estimate of drug-likeness (QED) is 0.195. The lowest BCUT2D eigenvalue weighted by Gasteiger charge is -2.25. The number of benzene rings is 2. The molecule has 0 aliphatic carbocycles. The average molecular weight is 620 g/mol. The van der Waals surface area contributed by atoms with Gasteiger partial charge in [-0.15, -0.1) is 5.10 Å². The van der Waals surface area contributed by atoms with E-state index in [9.17, 15) is 14.4 Å². The van der Waals surface area contributed by atoms with E-state index in [4.69, 9.17) is 11.6 Å². The first-order chi connectivity index (χ1) is 21.4. The van der Waals surface area contributed by atoms with Crippen LogP contribution in [0.1, 0.15) is 49.4 Å². The van der Waals surface area contributed by atoms with E-state index in [1.165, 1.54) is 18.1 Å². The third-order valence-electron chi connectivity index (χ3n) is 7.72. The number of anilines is 1. The molecule has 4 N–H and O–H groups in total. The van der Waals surface area contributed by atoms with Crippen molar-refractivity contribution in [1.82, 2.24) is 41.0 Å². The highest BCUT2D eigenvalue weighted by Crippen LogP contribution is 2.27. The molecule has 0 radical (unpaired) electrons. The molecular weight excluding hydrogens is 586 g/mol. The normalized spacial score (nSPS) is 14.1. The first kappa shape index (κ1) is 30.8. The van der Waals surface area contributed by atoms with E-state index in [2.05, 4.69) is 46.4 Å². The van der Waals surface area contributed by atoms with Gasteiger partial charge in [0.25, 0.3) is 5.56 Å². The fourth-order valence-electron chi connectivity index (χ4n) is 5.35. The predicted molar refractivity (Wildman–Crippen MR) is 165 cm³/mol. The summed E-state index contributed by atoms with van der Waals surface area (Å²) in [5, 5.41) is 28.0. The number of hydrogen-bond donors (Lipinski definition) is 4. The maximum atomic E-state index is 13.4. The number of amides is 2. The molecule has 1 atom stereocenters. The van der Waals surface area contributed by atoms with Gasteiger partial charge in [0, 0.05) is 17.1 Å². The van der Waals surface area contributed by atoms with Crippen molar-refractivity contribution in [2.75, 3.05) is 25.5 Å². The van der Waals surface area contributed by atoms with Crippen LogP contribution in [-0.2, 0) is 16.0 Å². The van der Waals surface area contributed by atoms with Gasteiger partial charge in [-0.3, -0.25) is 14.9 Å². The van der Waals surface area contributed by atoms with Gasteiger partial charge in [0.05, 0.1) is 30.1 Å². The van der Waals surface area contributed by atoms with Crippen LogP contribution in [0.2, 0.25) is 5.02 Å². The largest absolute Gasteiger partial charge is 0.453 e. The maximum Gasteiger partial charge on any atom is 0.411 e.